The molecular formula is C18H19N2O4-. The molecule has 0 aliphatic rings. The zero-order valence-corrected chi connectivity index (χ0v) is 13.3. The third-order valence-electron chi connectivity index (χ3n) is 3.30. The Hall–Kier alpha value is -3.02. The van der Waals surface area contributed by atoms with Crippen molar-refractivity contribution in [3.63, 3.8) is 0 Å². The number of nitrogens with one attached hydrogen (secondary N) is 2. The van der Waals surface area contributed by atoms with E-state index in [1.54, 1.807) is 36.4 Å². The fraction of sp³-hybridized carbons (Fsp3) is 0.222. The van der Waals surface area contributed by atoms with Gasteiger partial charge in [-0.15, -0.1) is 0 Å². The zero-order valence-electron chi connectivity index (χ0n) is 13.3. The molecular weight excluding hydrogens is 308 g/mol. The molecule has 0 unspecified atom stereocenters. The van der Waals surface area contributed by atoms with Gasteiger partial charge in [0.05, 0.1) is 18.6 Å². The number of hydrogen-bond donors (Lipinski definition) is 2. The zero-order chi connectivity index (χ0) is 17.4. The lowest BCUT2D eigenvalue weighted by atomic mass is 10.1. The van der Waals surface area contributed by atoms with Gasteiger partial charge in [0, 0.05) is 5.69 Å². The molecule has 0 spiro atoms. The van der Waals surface area contributed by atoms with Gasteiger partial charge in [-0.05, 0) is 43.2 Å². The highest BCUT2D eigenvalue weighted by Gasteiger charge is 2.14. The second-order valence-electron chi connectivity index (χ2n) is 5.12. The summed E-state index contributed by atoms with van der Waals surface area (Å²) < 4.78 is 5.31. The number of anilines is 1. The molecule has 0 aromatic heterocycles. The SMILES string of the molecule is CCOc1ccc(NC(=O)N[C@@H](Cc2ccccc2)C(=O)[O-])cc1. The van der Waals surface area contributed by atoms with Crippen LogP contribution in [0.1, 0.15) is 12.5 Å². The van der Waals surface area contributed by atoms with Gasteiger partial charge in [0.1, 0.15) is 5.75 Å². The van der Waals surface area contributed by atoms with Gasteiger partial charge in [-0.1, -0.05) is 30.3 Å². The van der Waals surface area contributed by atoms with Gasteiger partial charge in [0.15, 0.2) is 0 Å². The highest BCUT2D eigenvalue weighted by atomic mass is 16.5. The number of carboxylic acid groups (broad SMARTS) is 1. The van der Waals surface area contributed by atoms with Crippen molar-refractivity contribution in [2.24, 2.45) is 0 Å². The number of carboxylic acids is 1. The Kier molecular flexibility index (Phi) is 6.19. The summed E-state index contributed by atoms with van der Waals surface area (Å²) in [5.74, 6) is -0.638. The number of rotatable bonds is 7. The number of carbonyl (C=O) groups is 2. The summed E-state index contributed by atoms with van der Waals surface area (Å²) in [5, 5.41) is 16.2. The number of aliphatic carboxylic acids is 1. The normalized spacial score (nSPS) is 11.4. The molecule has 24 heavy (non-hydrogen) atoms. The third-order valence-corrected chi connectivity index (χ3v) is 3.30. The maximum absolute atomic E-state index is 12.0. The van der Waals surface area contributed by atoms with Crippen molar-refractivity contribution in [1.82, 2.24) is 5.32 Å². The highest BCUT2D eigenvalue weighted by Crippen LogP contribution is 2.15. The number of amides is 2. The minimum atomic E-state index is -1.33. The van der Waals surface area contributed by atoms with Gasteiger partial charge in [-0.3, -0.25) is 0 Å². The van der Waals surface area contributed by atoms with E-state index in [-0.39, 0.29) is 6.42 Å². The molecule has 1 atom stereocenters. The van der Waals surface area contributed by atoms with Crippen LogP contribution in [0.2, 0.25) is 0 Å². The van der Waals surface area contributed by atoms with Crippen molar-refractivity contribution in [2.75, 3.05) is 11.9 Å². The summed E-state index contributed by atoms with van der Waals surface area (Å²) in [6.07, 6.45) is 0.153. The molecule has 0 aliphatic carbocycles. The Morgan fingerprint density at radius 1 is 1.08 bits per heavy atom. The summed E-state index contributed by atoms with van der Waals surface area (Å²) in [7, 11) is 0. The first-order valence-electron chi connectivity index (χ1n) is 7.63. The molecule has 0 fully saturated rings. The minimum Gasteiger partial charge on any atom is -0.548 e. The average molecular weight is 327 g/mol. The Morgan fingerprint density at radius 2 is 1.75 bits per heavy atom. The van der Waals surface area contributed by atoms with E-state index in [1.165, 1.54) is 0 Å². The lowest BCUT2D eigenvalue weighted by Gasteiger charge is -2.20. The molecule has 2 N–H and O–H groups in total. The first kappa shape index (κ1) is 17.3. The molecule has 2 rings (SSSR count). The summed E-state index contributed by atoms with van der Waals surface area (Å²) in [6.45, 7) is 2.44. The molecule has 2 amide bonds. The van der Waals surface area contributed by atoms with E-state index in [4.69, 9.17) is 4.74 Å². The van der Waals surface area contributed by atoms with E-state index < -0.39 is 18.0 Å². The molecule has 0 aliphatic heterocycles. The summed E-state index contributed by atoms with van der Waals surface area (Å²) in [4.78, 5) is 23.2. The monoisotopic (exact) mass is 327 g/mol. The number of ether oxygens (including phenoxy) is 1. The Labute approximate surface area is 140 Å². The van der Waals surface area contributed by atoms with Crippen LogP contribution in [-0.2, 0) is 11.2 Å². The molecule has 2 aromatic carbocycles. The number of hydrogen-bond acceptors (Lipinski definition) is 4. The second kappa shape index (κ2) is 8.57. The maximum atomic E-state index is 12.0. The van der Waals surface area contributed by atoms with Crippen LogP contribution in [0.5, 0.6) is 5.75 Å². The Bertz CT molecular complexity index is 671. The fourth-order valence-electron chi connectivity index (χ4n) is 2.17. The van der Waals surface area contributed by atoms with E-state index in [9.17, 15) is 14.7 Å². The molecule has 126 valence electrons. The molecule has 0 heterocycles. The van der Waals surface area contributed by atoms with E-state index in [2.05, 4.69) is 10.6 Å². The maximum Gasteiger partial charge on any atom is 0.319 e. The van der Waals surface area contributed by atoms with E-state index >= 15 is 0 Å². The van der Waals surface area contributed by atoms with Crippen molar-refractivity contribution in [3.05, 3.63) is 60.2 Å². The average Bonchev–Trinajstić information content (AvgIpc) is 2.57. The van der Waals surface area contributed by atoms with Crippen LogP contribution in [0.15, 0.2) is 54.6 Å². The molecule has 0 saturated carbocycles. The largest absolute Gasteiger partial charge is 0.548 e. The first-order chi connectivity index (χ1) is 11.6. The molecule has 0 saturated heterocycles. The summed E-state index contributed by atoms with van der Waals surface area (Å²) >= 11 is 0. The molecule has 2 aromatic rings. The second-order valence-corrected chi connectivity index (χ2v) is 5.12. The van der Waals surface area contributed by atoms with Gasteiger partial charge >= 0.3 is 6.03 Å². The van der Waals surface area contributed by atoms with Crippen LogP contribution >= 0.6 is 0 Å². The molecule has 6 nitrogen and oxygen atoms in total. The van der Waals surface area contributed by atoms with Gasteiger partial charge in [-0.2, -0.15) is 0 Å². The molecule has 0 radical (unpaired) electrons. The van der Waals surface area contributed by atoms with Crippen LogP contribution < -0.4 is 20.5 Å². The van der Waals surface area contributed by atoms with E-state index in [0.717, 1.165) is 5.56 Å². The number of carbonyl (C=O) groups excluding carboxylic acids is 2. The standard InChI is InChI=1S/C18H20N2O4/c1-2-24-15-10-8-14(9-11-15)19-18(23)20-16(17(21)22)12-13-6-4-3-5-7-13/h3-11,16H,2,12H2,1H3,(H,21,22)(H2,19,20,23)/p-1/t16-/m0/s1. The van der Waals surface area contributed by atoms with Crippen LogP contribution in [0, 0.1) is 0 Å². The van der Waals surface area contributed by atoms with Crippen molar-refractivity contribution in [1.29, 1.82) is 0 Å². The minimum absolute atomic E-state index is 0.153. The lowest BCUT2D eigenvalue weighted by molar-refractivity contribution is -0.308. The van der Waals surface area contributed by atoms with Gasteiger partial charge in [0.2, 0.25) is 0 Å². The molecule has 6 heteroatoms. The van der Waals surface area contributed by atoms with Gasteiger partial charge < -0.3 is 25.3 Å². The quantitative estimate of drug-likeness (QED) is 0.807. The first-order valence-corrected chi connectivity index (χ1v) is 7.63. The summed E-state index contributed by atoms with van der Waals surface area (Å²) in [5.41, 5.74) is 1.33. The Balaban J connectivity index is 1.94. The highest BCUT2D eigenvalue weighted by molar-refractivity contribution is 5.92. The van der Waals surface area contributed by atoms with Crippen LogP contribution in [0.4, 0.5) is 10.5 Å². The number of urea groups is 1. The predicted octanol–water partition coefficient (Wildman–Crippen LogP) is 1.57. The van der Waals surface area contributed by atoms with Crippen LogP contribution in [0.25, 0.3) is 0 Å². The van der Waals surface area contributed by atoms with E-state index in [0.29, 0.717) is 18.0 Å². The number of benzene rings is 2. The summed E-state index contributed by atoms with van der Waals surface area (Å²) in [6, 6.07) is 14.1. The van der Waals surface area contributed by atoms with Crippen molar-refractivity contribution < 1.29 is 19.4 Å². The third kappa shape index (κ3) is 5.31. The van der Waals surface area contributed by atoms with Crippen molar-refractivity contribution in [3.8, 4) is 5.75 Å². The topological polar surface area (TPSA) is 90.5 Å². The Morgan fingerprint density at radius 3 is 2.33 bits per heavy atom. The fourth-order valence-corrected chi connectivity index (χ4v) is 2.17. The lowest BCUT2D eigenvalue weighted by Crippen LogP contribution is -2.50. The van der Waals surface area contributed by atoms with E-state index in [1.807, 2.05) is 25.1 Å². The van der Waals surface area contributed by atoms with Crippen molar-refractivity contribution >= 4 is 17.7 Å². The van der Waals surface area contributed by atoms with Crippen LogP contribution in [0.3, 0.4) is 0 Å². The smallest absolute Gasteiger partial charge is 0.319 e. The van der Waals surface area contributed by atoms with Crippen LogP contribution in [-0.4, -0.2) is 24.6 Å². The van der Waals surface area contributed by atoms with Gasteiger partial charge in [-0.25, -0.2) is 4.79 Å². The van der Waals surface area contributed by atoms with Gasteiger partial charge in [0.25, 0.3) is 0 Å². The molecule has 0 bridgehead atoms. The predicted molar refractivity (Wildman–Crippen MR) is 88.7 cm³/mol. The van der Waals surface area contributed by atoms with Crippen molar-refractivity contribution in [2.45, 2.75) is 19.4 Å².